The van der Waals surface area contributed by atoms with E-state index in [0.717, 1.165) is 0 Å². The van der Waals surface area contributed by atoms with Crippen LogP contribution in [-0.2, 0) is 0 Å². The van der Waals surface area contributed by atoms with Crippen molar-refractivity contribution >= 4 is 5.78 Å². The zero-order chi connectivity index (χ0) is 8.60. The van der Waals surface area contributed by atoms with E-state index >= 15 is 0 Å². The van der Waals surface area contributed by atoms with Crippen LogP contribution in [0, 0.1) is 5.41 Å². The van der Waals surface area contributed by atoms with Crippen molar-refractivity contribution < 1.29 is 9.21 Å². The molecular formula is C10H12O2. The molecule has 0 bridgehead atoms. The molecule has 64 valence electrons. The van der Waals surface area contributed by atoms with Gasteiger partial charge in [-0.2, -0.15) is 0 Å². The summed E-state index contributed by atoms with van der Waals surface area (Å²) in [4.78, 5) is 11.5. The van der Waals surface area contributed by atoms with Crippen LogP contribution in [0.3, 0.4) is 0 Å². The Balaban J connectivity index is 2.02. The fraction of sp³-hybridized carbons (Fsp3) is 0.500. The van der Waals surface area contributed by atoms with Gasteiger partial charge in [-0.15, -0.1) is 0 Å². The fourth-order valence-electron chi connectivity index (χ4n) is 1.30. The molecule has 0 saturated heterocycles. The van der Waals surface area contributed by atoms with Crippen LogP contribution in [0.5, 0.6) is 0 Å². The maximum Gasteiger partial charge on any atom is 0.198 e. The topological polar surface area (TPSA) is 30.2 Å². The molecule has 2 rings (SSSR count). The maximum absolute atomic E-state index is 11.5. The SMILES string of the molecule is CC1(CC(=O)c2ccco2)CC1. The van der Waals surface area contributed by atoms with Gasteiger partial charge in [-0.1, -0.05) is 6.92 Å². The van der Waals surface area contributed by atoms with Gasteiger partial charge in [0.15, 0.2) is 11.5 Å². The van der Waals surface area contributed by atoms with E-state index < -0.39 is 0 Å². The minimum Gasteiger partial charge on any atom is -0.461 e. The number of hydrogen-bond donors (Lipinski definition) is 0. The van der Waals surface area contributed by atoms with E-state index in [1.165, 1.54) is 12.8 Å². The zero-order valence-corrected chi connectivity index (χ0v) is 7.17. The molecule has 0 unspecified atom stereocenters. The number of furan rings is 1. The Labute approximate surface area is 71.6 Å². The molecule has 0 atom stereocenters. The number of carbonyl (C=O) groups is 1. The van der Waals surface area contributed by atoms with Crippen LogP contribution in [0.25, 0.3) is 0 Å². The predicted octanol–water partition coefficient (Wildman–Crippen LogP) is 2.65. The molecule has 1 heterocycles. The molecular weight excluding hydrogens is 152 g/mol. The second-order valence-corrected chi connectivity index (χ2v) is 3.89. The normalized spacial score (nSPS) is 19.1. The van der Waals surface area contributed by atoms with E-state index in [4.69, 9.17) is 4.42 Å². The Kier molecular flexibility index (Phi) is 1.56. The van der Waals surface area contributed by atoms with Crippen LogP contribution in [0.2, 0.25) is 0 Å². The van der Waals surface area contributed by atoms with Crippen molar-refractivity contribution in [1.82, 2.24) is 0 Å². The second-order valence-electron chi connectivity index (χ2n) is 3.89. The van der Waals surface area contributed by atoms with E-state index in [2.05, 4.69) is 6.92 Å². The van der Waals surface area contributed by atoms with E-state index in [1.54, 1.807) is 18.4 Å². The highest BCUT2D eigenvalue weighted by molar-refractivity contribution is 5.94. The summed E-state index contributed by atoms with van der Waals surface area (Å²) in [5.41, 5.74) is 0.282. The van der Waals surface area contributed by atoms with Crippen molar-refractivity contribution in [2.45, 2.75) is 26.2 Å². The third kappa shape index (κ3) is 1.42. The van der Waals surface area contributed by atoms with E-state index in [9.17, 15) is 4.79 Å². The Morgan fingerprint density at radius 2 is 2.42 bits per heavy atom. The molecule has 0 aromatic carbocycles. The third-order valence-corrected chi connectivity index (χ3v) is 2.49. The lowest BCUT2D eigenvalue weighted by Gasteiger charge is -2.03. The minimum absolute atomic E-state index is 0.139. The van der Waals surface area contributed by atoms with E-state index in [1.807, 2.05) is 0 Å². The van der Waals surface area contributed by atoms with Crippen molar-refractivity contribution in [3.63, 3.8) is 0 Å². The summed E-state index contributed by atoms with van der Waals surface area (Å²) < 4.78 is 5.02. The zero-order valence-electron chi connectivity index (χ0n) is 7.17. The molecule has 1 fully saturated rings. The molecule has 2 heteroatoms. The van der Waals surface area contributed by atoms with Crippen LogP contribution in [0.15, 0.2) is 22.8 Å². The first-order valence-electron chi connectivity index (χ1n) is 4.26. The Bertz CT molecular complexity index is 281. The standard InChI is InChI=1S/C10H12O2/c1-10(4-5-10)7-8(11)9-3-2-6-12-9/h2-3,6H,4-5,7H2,1H3. The molecule has 2 nitrogen and oxygen atoms in total. The largest absolute Gasteiger partial charge is 0.461 e. The van der Waals surface area contributed by atoms with E-state index in [-0.39, 0.29) is 11.2 Å². The number of ketones is 1. The highest BCUT2D eigenvalue weighted by atomic mass is 16.3. The highest BCUT2D eigenvalue weighted by Crippen LogP contribution is 2.48. The molecule has 1 aromatic rings. The van der Waals surface area contributed by atoms with E-state index in [0.29, 0.717) is 12.2 Å². The summed E-state index contributed by atoms with van der Waals surface area (Å²) in [6.07, 6.45) is 4.54. The monoisotopic (exact) mass is 164 g/mol. The van der Waals surface area contributed by atoms with Gasteiger partial charge in [-0.05, 0) is 30.4 Å². The molecule has 0 aliphatic heterocycles. The van der Waals surface area contributed by atoms with Crippen LogP contribution in [0.4, 0.5) is 0 Å². The van der Waals surface area contributed by atoms with Gasteiger partial charge >= 0.3 is 0 Å². The lowest BCUT2D eigenvalue weighted by atomic mass is 10.0. The van der Waals surface area contributed by atoms with Gasteiger partial charge in [0.25, 0.3) is 0 Å². The van der Waals surface area contributed by atoms with Crippen molar-refractivity contribution in [2.75, 3.05) is 0 Å². The first-order chi connectivity index (χ1) is 5.70. The third-order valence-electron chi connectivity index (χ3n) is 2.49. The van der Waals surface area contributed by atoms with Crippen LogP contribution in [0.1, 0.15) is 36.7 Å². The first kappa shape index (κ1) is 7.59. The summed E-state index contributed by atoms with van der Waals surface area (Å²) >= 11 is 0. The Morgan fingerprint density at radius 1 is 1.67 bits per heavy atom. The summed E-state index contributed by atoms with van der Waals surface area (Å²) in [6.45, 7) is 2.15. The predicted molar refractivity (Wildman–Crippen MR) is 45.0 cm³/mol. The maximum atomic E-state index is 11.5. The molecule has 0 amide bonds. The quantitative estimate of drug-likeness (QED) is 0.643. The molecule has 1 aliphatic rings. The number of Topliss-reactive ketones (excluding diaryl/α,β-unsaturated/α-hetero) is 1. The Morgan fingerprint density at radius 3 is 2.92 bits per heavy atom. The molecule has 12 heavy (non-hydrogen) atoms. The van der Waals surface area contributed by atoms with Crippen molar-refractivity contribution in [3.8, 4) is 0 Å². The molecule has 1 aliphatic carbocycles. The number of carbonyl (C=O) groups excluding carboxylic acids is 1. The van der Waals surface area contributed by atoms with Crippen LogP contribution in [-0.4, -0.2) is 5.78 Å². The van der Waals surface area contributed by atoms with Crippen molar-refractivity contribution in [3.05, 3.63) is 24.2 Å². The average Bonchev–Trinajstić information content (AvgIpc) is 2.55. The summed E-state index contributed by atoms with van der Waals surface area (Å²) in [5.74, 6) is 0.642. The molecule has 0 N–H and O–H groups in total. The van der Waals surface area contributed by atoms with Gasteiger partial charge in [-0.25, -0.2) is 0 Å². The second kappa shape index (κ2) is 2.47. The number of rotatable bonds is 3. The van der Waals surface area contributed by atoms with Crippen LogP contribution >= 0.6 is 0 Å². The molecule has 1 saturated carbocycles. The average molecular weight is 164 g/mol. The number of hydrogen-bond acceptors (Lipinski definition) is 2. The van der Waals surface area contributed by atoms with Crippen molar-refractivity contribution in [1.29, 1.82) is 0 Å². The van der Waals surface area contributed by atoms with Crippen molar-refractivity contribution in [2.24, 2.45) is 5.41 Å². The minimum atomic E-state index is 0.139. The summed E-state index contributed by atoms with van der Waals surface area (Å²) in [5, 5.41) is 0. The first-order valence-corrected chi connectivity index (χ1v) is 4.26. The fourth-order valence-corrected chi connectivity index (χ4v) is 1.30. The lowest BCUT2D eigenvalue weighted by molar-refractivity contribution is 0.0932. The molecule has 0 spiro atoms. The lowest BCUT2D eigenvalue weighted by Crippen LogP contribution is -2.04. The van der Waals surface area contributed by atoms with Crippen LogP contribution < -0.4 is 0 Å². The Hall–Kier alpha value is -1.05. The molecule has 1 aromatic heterocycles. The van der Waals surface area contributed by atoms with Gasteiger partial charge in [0.1, 0.15) is 0 Å². The molecule has 0 radical (unpaired) electrons. The summed E-state index contributed by atoms with van der Waals surface area (Å²) in [6, 6.07) is 3.48. The van der Waals surface area contributed by atoms with Gasteiger partial charge in [0.2, 0.25) is 0 Å². The van der Waals surface area contributed by atoms with Gasteiger partial charge in [0.05, 0.1) is 6.26 Å². The van der Waals surface area contributed by atoms with Gasteiger partial charge < -0.3 is 4.42 Å². The highest BCUT2D eigenvalue weighted by Gasteiger charge is 2.39. The van der Waals surface area contributed by atoms with Gasteiger partial charge in [-0.3, -0.25) is 4.79 Å². The summed E-state index contributed by atoms with van der Waals surface area (Å²) in [7, 11) is 0. The smallest absolute Gasteiger partial charge is 0.198 e. The van der Waals surface area contributed by atoms with Gasteiger partial charge in [0, 0.05) is 6.42 Å².